The van der Waals surface area contributed by atoms with E-state index in [1.165, 1.54) is 11.6 Å². The monoisotopic (exact) mass is 263 g/mol. The number of aryl methyl sites for hydroxylation is 1. The fourth-order valence-electron chi connectivity index (χ4n) is 1.99. The van der Waals surface area contributed by atoms with Gasteiger partial charge in [0.15, 0.2) is 0 Å². The van der Waals surface area contributed by atoms with Crippen LogP contribution in [0.25, 0.3) is 0 Å². The highest BCUT2D eigenvalue weighted by Gasteiger charge is 2.13. The van der Waals surface area contributed by atoms with Crippen molar-refractivity contribution in [2.75, 3.05) is 0 Å². The summed E-state index contributed by atoms with van der Waals surface area (Å²) in [7, 11) is 0. The van der Waals surface area contributed by atoms with Crippen LogP contribution >= 0.6 is 11.6 Å². The molecule has 0 radical (unpaired) electrons. The Morgan fingerprint density at radius 3 is 2.61 bits per heavy atom. The van der Waals surface area contributed by atoms with Crippen molar-refractivity contribution in [3.63, 3.8) is 0 Å². The zero-order chi connectivity index (χ0) is 13.1. The molecule has 18 heavy (non-hydrogen) atoms. The third-order valence-corrected chi connectivity index (χ3v) is 3.30. The molecule has 0 aliphatic carbocycles. The topological polar surface area (TPSA) is 26.0 Å². The van der Waals surface area contributed by atoms with Crippen LogP contribution in [0.5, 0.6) is 0 Å². The minimum atomic E-state index is -0.358. The average Bonchev–Trinajstić information content (AvgIpc) is 2.32. The minimum absolute atomic E-state index is 0.344. The van der Waals surface area contributed by atoms with Gasteiger partial charge in [-0.2, -0.15) is 0 Å². The van der Waals surface area contributed by atoms with Gasteiger partial charge in [0.25, 0.3) is 0 Å². The largest absolute Gasteiger partial charge is 0.324 e. The molecular weight excluding hydrogens is 249 g/mol. The Bertz CT molecular complexity index is 554. The van der Waals surface area contributed by atoms with Gasteiger partial charge in [-0.05, 0) is 36.6 Å². The molecule has 0 amide bonds. The highest BCUT2D eigenvalue weighted by molar-refractivity contribution is 6.30. The van der Waals surface area contributed by atoms with Crippen LogP contribution in [0.3, 0.4) is 0 Å². The highest BCUT2D eigenvalue weighted by atomic mass is 35.5. The van der Waals surface area contributed by atoms with Gasteiger partial charge < -0.3 is 5.73 Å². The van der Waals surface area contributed by atoms with E-state index in [4.69, 9.17) is 17.3 Å². The molecule has 94 valence electrons. The van der Waals surface area contributed by atoms with E-state index in [-0.39, 0.29) is 11.9 Å². The summed E-state index contributed by atoms with van der Waals surface area (Å²) < 4.78 is 13.7. The molecule has 0 heterocycles. The molecule has 0 aromatic heterocycles. The van der Waals surface area contributed by atoms with E-state index in [1.54, 1.807) is 12.1 Å². The summed E-state index contributed by atoms with van der Waals surface area (Å²) >= 11 is 5.73. The van der Waals surface area contributed by atoms with Gasteiger partial charge in [-0.1, -0.05) is 41.9 Å². The van der Waals surface area contributed by atoms with E-state index in [0.717, 1.165) is 5.56 Å². The summed E-state index contributed by atoms with van der Waals surface area (Å²) in [5.74, 6) is -0.344. The Labute approximate surface area is 111 Å². The molecule has 1 unspecified atom stereocenters. The number of rotatable bonds is 3. The number of halogens is 2. The summed E-state index contributed by atoms with van der Waals surface area (Å²) in [4.78, 5) is 0. The van der Waals surface area contributed by atoms with E-state index < -0.39 is 0 Å². The maximum Gasteiger partial charge on any atom is 0.129 e. The fraction of sp³-hybridized carbons (Fsp3) is 0.200. The van der Waals surface area contributed by atoms with Crippen LogP contribution < -0.4 is 5.73 Å². The van der Waals surface area contributed by atoms with Gasteiger partial charge in [-0.3, -0.25) is 0 Å². The first-order chi connectivity index (χ1) is 8.58. The molecule has 0 saturated heterocycles. The van der Waals surface area contributed by atoms with Crippen LogP contribution in [-0.2, 0) is 6.42 Å². The lowest BCUT2D eigenvalue weighted by Gasteiger charge is -2.14. The van der Waals surface area contributed by atoms with Gasteiger partial charge in [0.2, 0.25) is 0 Å². The number of benzene rings is 2. The SMILES string of the molecule is Cc1ccccc1CC(N)c1ccc(Cl)cc1F. The summed E-state index contributed by atoms with van der Waals surface area (Å²) in [5.41, 5.74) is 8.87. The second kappa shape index (κ2) is 5.51. The molecule has 0 spiro atoms. The number of hydrogen-bond acceptors (Lipinski definition) is 1. The molecule has 2 rings (SSSR count). The Morgan fingerprint density at radius 1 is 1.22 bits per heavy atom. The summed E-state index contributed by atoms with van der Waals surface area (Å²) in [6, 6.07) is 12.2. The van der Waals surface area contributed by atoms with E-state index in [2.05, 4.69) is 0 Å². The predicted molar refractivity (Wildman–Crippen MR) is 73.2 cm³/mol. The minimum Gasteiger partial charge on any atom is -0.324 e. The molecule has 0 aliphatic heterocycles. The zero-order valence-electron chi connectivity index (χ0n) is 10.2. The molecule has 0 aliphatic rings. The molecule has 1 nitrogen and oxygen atoms in total. The summed E-state index contributed by atoms with van der Waals surface area (Å²) in [6.07, 6.45) is 0.616. The first kappa shape index (κ1) is 13.1. The predicted octanol–water partition coefficient (Wildman–Crippen LogP) is 4.03. The average molecular weight is 264 g/mol. The van der Waals surface area contributed by atoms with Crippen molar-refractivity contribution in [1.29, 1.82) is 0 Å². The smallest absolute Gasteiger partial charge is 0.129 e. The van der Waals surface area contributed by atoms with Crippen molar-refractivity contribution < 1.29 is 4.39 Å². The van der Waals surface area contributed by atoms with Gasteiger partial charge in [-0.15, -0.1) is 0 Å². The van der Waals surface area contributed by atoms with Crippen LogP contribution in [-0.4, -0.2) is 0 Å². The third kappa shape index (κ3) is 2.89. The van der Waals surface area contributed by atoms with Crippen molar-refractivity contribution in [1.82, 2.24) is 0 Å². The van der Waals surface area contributed by atoms with Crippen molar-refractivity contribution in [3.05, 3.63) is 70.0 Å². The van der Waals surface area contributed by atoms with E-state index in [1.807, 2.05) is 31.2 Å². The molecule has 0 bridgehead atoms. The van der Waals surface area contributed by atoms with Crippen molar-refractivity contribution in [2.24, 2.45) is 5.73 Å². The van der Waals surface area contributed by atoms with Gasteiger partial charge >= 0.3 is 0 Å². The quantitative estimate of drug-likeness (QED) is 0.889. The van der Waals surface area contributed by atoms with Gasteiger partial charge in [0.05, 0.1) is 0 Å². The Balaban J connectivity index is 2.22. The molecule has 1 atom stereocenters. The van der Waals surface area contributed by atoms with Crippen LogP contribution in [0.1, 0.15) is 22.7 Å². The van der Waals surface area contributed by atoms with E-state index >= 15 is 0 Å². The summed E-state index contributed by atoms with van der Waals surface area (Å²) in [6.45, 7) is 2.03. The maximum atomic E-state index is 13.7. The van der Waals surface area contributed by atoms with Crippen LogP contribution in [0, 0.1) is 12.7 Å². The van der Waals surface area contributed by atoms with E-state index in [0.29, 0.717) is 17.0 Å². The van der Waals surface area contributed by atoms with Crippen molar-refractivity contribution >= 4 is 11.6 Å². The molecule has 2 aromatic rings. The molecule has 0 saturated carbocycles. The highest BCUT2D eigenvalue weighted by Crippen LogP contribution is 2.23. The van der Waals surface area contributed by atoms with Gasteiger partial charge in [-0.25, -0.2) is 4.39 Å². The van der Waals surface area contributed by atoms with Gasteiger partial charge in [0, 0.05) is 16.6 Å². The van der Waals surface area contributed by atoms with Crippen LogP contribution in [0.2, 0.25) is 5.02 Å². The molecular formula is C15H15ClFN. The molecule has 3 heteroatoms. The standard InChI is InChI=1S/C15H15ClFN/c1-10-4-2-3-5-11(10)8-15(18)13-7-6-12(16)9-14(13)17/h2-7,9,15H,8,18H2,1H3. The van der Waals surface area contributed by atoms with Crippen molar-refractivity contribution in [3.8, 4) is 0 Å². The first-order valence-electron chi connectivity index (χ1n) is 5.83. The van der Waals surface area contributed by atoms with Gasteiger partial charge in [0.1, 0.15) is 5.82 Å². The molecule has 2 aromatic carbocycles. The lowest BCUT2D eigenvalue weighted by Crippen LogP contribution is -2.15. The Morgan fingerprint density at radius 2 is 1.94 bits per heavy atom. The normalized spacial score (nSPS) is 12.4. The third-order valence-electron chi connectivity index (χ3n) is 3.06. The fourth-order valence-corrected chi connectivity index (χ4v) is 2.15. The molecule has 2 N–H and O–H groups in total. The van der Waals surface area contributed by atoms with Crippen LogP contribution in [0.15, 0.2) is 42.5 Å². The Kier molecular flexibility index (Phi) is 4.00. The second-order valence-corrected chi connectivity index (χ2v) is 4.84. The lowest BCUT2D eigenvalue weighted by molar-refractivity contribution is 0.580. The molecule has 0 fully saturated rings. The van der Waals surface area contributed by atoms with Crippen LogP contribution in [0.4, 0.5) is 4.39 Å². The number of hydrogen-bond donors (Lipinski definition) is 1. The summed E-state index contributed by atoms with van der Waals surface area (Å²) in [5, 5.41) is 0.388. The van der Waals surface area contributed by atoms with Crippen molar-refractivity contribution in [2.45, 2.75) is 19.4 Å². The number of nitrogens with two attached hydrogens (primary N) is 1. The maximum absolute atomic E-state index is 13.7. The Hall–Kier alpha value is -1.38. The first-order valence-corrected chi connectivity index (χ1v) is 6.21. The second-order valence-electron chi connectivity index (χ2n) is 4.40. The zero-order valence-corrected chi connectivity index (χ0v) is 10.9. The van der Waals surface area contributed by atoms with E-state index in [9.17, 15) is 4.39 Å². The lowest BCUT2D eigenvalue weighted by atomic mass is 9.96.